The van der Waals surface area contributed by atoms with Gasteiger partial charge in [-0.1, -0.05) is 15.9 Å². The van der Waals surface area contributed by atoms with E-state index in [1.807, 2.05) is 12.1 Å². The Bertz CT molecular complexity index is 587. The summed E-state index contributed by atoms with van der Waals surface area (Å²) in [5.41, 5.74) is 0.656. The molecule has 1 aromatic heterocycles. The van der Waals surface area contributed by atoms with E-state index in [-0.39, 0.29) is 11.5 Å². The van der Waals surface area contributed by atoms with Gasteiger partial charge in [0, 0.05) is 26.9 Å². The van der Waals surface area contributed by atoms with Crippen LogP contribution in [0.1, 0.15) is 0 Å². The summed E-state index contributed by atoms with van der Waals surface area (Å²) in [7, 11) is 0. The van der Waals surface area contributed by atoms with Crippen molar-refractivity contribution in [1.29, 1.82) is 0 Å². The van der Waals surface area contributed by atoms with Gasteiger partial charge in [0.15, 0.2) is 0 Å². The van der Waals surface area contributed by atoms with Gasteiger partial charge in [-0.3, -0.25) is 10.1 Å². The third kappa shape index (κ3) is 3.05. The maximum atomic E-state index is 10.9. The predicted molar refractivity (Wildman–Crippen MR) is 76.0 cm³/mol. The molecule has 2 rings (SSSR count). The number of hydrogen-bond acceptors (Lipinski definition) is 4. The molecule has 0 fully saturated rings. The molecular formula is C11H7Br2N3O2. The molecule has 7 heteroatoms. The Balaban J connectivity index is 2.34. The van der Waals surface area contributed by atoms with Crippen molar-refractivity contribution in [1.82, 2.24) is 4.98 Å². The summed E-state index contributed by atoms with van der Waals surface area (Å²) in [4.78, 5) is 14.4. The van der Waals surface area contributed by atoms with Crippen LogP contribution in [0.4, 0.5) is 17.2 Å². The maximum absolute atomic E-state index is 10.9. The van der Waals surface area contributed by atoms with Gasteiger partial charge in [-0.05, 0) is 40.2 Å². The molecule has 0 saturated heterocycles. The third-order valence-electron chi connectivity index (χ3n) is 2.14. The monoisotopic (exact) mass is 371 g/mol. The molecular weight excluding hydrogens is 366 g/mol. The molecule has 0 spiro atoms. The summed E-state index contributed by atoms with van der Waals surface area (Å²) >= 11 is 6.48. The lowest BCUT2D eigenvalue weighted by molar-refractivity contribution is -0.384. The maximum Gasteiger partial charge on any atom is 0.312 e. The fourth-order valence-electron chi connectivity index (χ4n) is 1.33. The van der Waals surface area contributed by atoms with Gasteiger partial charge in [-0.15, -0.1) is 0 Å². The van der Waals surface area contributed by atoms with Gasteiger partial charge < -0.3 is 5.32 Å². The van der Waals surface area contributed by atoms with E-state index in [0.29, 0.717) is 4.47 Å². The molecule has 92 valence electrons. The second-order valence-electron chi connectivity index (χ2n) is 3.41. The van der Waals surface area contributed by atoms with Crippen molar-refractivity contribution in [3.05, 3.63) is 55.6 Å². The molecule has 0 aliphatic carbocycles. The van der Waals surface area contributed by atoms with Gasteiger partial charge >= 0.3 is 5.69 Å². The smallest absolute Gasteiger partial charge is 0.312 e. The first-order valence-electron chi connectivity index (χ1n) is 4.89. The van der Waals surface area contributed by atoms with Crippen LogP contribution in [0.3, 0.4) is 0 Å². The van der Waals surface area contributed by atoms with Crippen molar-refractivity contribution >= 4 is 49.1 Å². The Kier molecular flexibility index (Phi) is 3.93. The van der Waals surface area contributed by atoms with E-state index in [2.05, 4.69) is 42.2 Å². The van der Waals surface area contributed by atoms with E-state index in [1.165, 1.54) is 12.3 Å². The van der Waals surface area contributed by atoms with Gasteiger partial charge in [0.25, 0.3) is 0 Å². The number of benzene rings is 1. The van der Waals surface area contributed by atoms with Crippen LogP contribution in [0.5, 0.6) is 0 Å². The van der Waals surface area contributed by atoms with Crippen LogP contribution < -0.4 is 5.32 Å². The van der Waals surface area contributed by atoms with Crippen molar-refractivity contribution in [2.24, 2.45) is 0 Å². The molecule has 0 aliphatic heterocycles. The molecule has 0 unspecified atom stereocenters. The molecule has 1 aromatic carbocycles. The lowest BCUT2D eigenvalue weighted by Crippen LogP contribution is -1.99. The minimum atomic E-state index is -0.473. The summed E-state index contributed by atoms with van der Waals surface area (Å²) in [5.74, 6) is 0.213. The molecule has 2 aromatic rings. The highest BCUT2D eigenvalue weighted by Gasteiger charge is 2.15. The van der Waals surface area contributed by atoms with Crippen molar-refractivity contribution in [2.45, 2.75) is 0 Å². The van der Waals surface area contributed by atoms with Crippen LogP contribution in [0.2, 0.25) is 0 Å². The quantitative estimate of drug-likeness (QED) is 0.645. The molecule has 0 bridgehead atoms. The lowest BCUT2D eigenvalue weighted by Gasteiger charge is -2.06. The third-order valence-corrected chi connectivity index (χ3v) is 3.10. The molecule has 0 radical (unpaired) electrons. The minimum Gasteiger partial charge on any atom is -0.334 e. The zero-order valence-electron chi connectivity index (χ0n) is 8.93. The van der Waals surface area contributed by atoms with Crippen molar-refractivity contribution < 1.29 is 4.92 Å². The summed E-state index contributed by atoms with van der Waals surface area (Å²) in [6.45, 7) is 0. The van der Waals surface area contributed by atoms with Gasteiger partial charge in [0.2, 0.25) is 5.82 Å². The number of rotatable bonds is 3. The molecule has 0 amide bonds. The summed E-state index contributed by atoms with van der Waals surface area (Å²) in [6, 6.07) is 8.70. The van der Waals surface area contributed by atoms with Gasteiger partial charge in [-0.2, -0.15) is 0 Å². The van der Waals surface area contributed by atoms with Crippen LogP contribution in [-0.2, 0) is 0 Å². The van der Waals surface area contributed by atoms with Crippen LogP contribution >= 0.6 is 31.9 Å². The topological polar surface area (TPSA) is 68.1 Å². The van der Waals surface area contributed by atoms with E-state index in [9.17, 15) is 10.1 Å². The fourth-order valence-corrected chi connectivity index (χ4v) is 1.92. The average molecular weight is 373 g/mol. The second kappa shape index (κ2) is 5.45. The van der Waals surface area contributed by atoms with Gasteiger partial charge in [0.05, 0.1) is 4.92 Å². The van der Waals surface area contributed by atoms with E-state index in [0.717, 1.165) is 10.2 Å². The molecule has 18 heavy (non-hydrogen) atoms. The lowest BCUT2D eigenvalue weighted by atomic mass is 10.3. The number of nitro groups is 1. The van der Waals surface area contributed by atoms with Crippen molar-refractivity contribution in [3.63, 3.8) is 0 Å². The van der Waals surface area contributed by atoms with E-state index >= 15 is 0 Å². The van der Waals surface area contributed by atoms with Crippen LogP contribution in [0.15, 0.2) is 45.5 Å². The fraction of sp³-hybridized carbons (Fsp3) is 0. The second-order valence-corrected chi connectivity index (χ2v) is 5.24. The molecule has 1 N–H and O–H groups in total. The van der Waals surface area contributed by atoms with Crippen molar-refractivity contribution in [2.75, 3.05) is 5.32 Å². The van der Waals surface area contributed by atoms with Gasteiger partial charge in [-0.25, -0.2) is 4.98 Å². The summed E-state index contributed by atoms with van der Waals surface area (Å²) < 4.78 is 1.50. The Morgan fingerprint density at radius 3 is 2.44 bits per heavy atom. The minimum absolute atomic E-state index is 0.0766. The highest BCUT2D eigenvalue weighted by molar-refractivity contribution is 9.10. The van der Waals surface area contributed by atoms with Crippen LogP contribution in [0, 0.1) is 10.1 Å². The number of anilines is 2. The average Bonchev–Trinajstić information content (AvgIpc) is 2.34. The van der Waals surface area contributed by atoms with E-state index < -0.39 is 4.92 Å². The first kappa shape index (κ1) is 13.0. The molecule has 1 heterocycles. The Morgan fingerprint density at radius 2 is 1.83 bits per heavy atom. The Morgan fingerprint density at radius 1 is 1.17 bits per heavy atom. The highest BCUT2D eigenvalue weighted by atomic mass is 79.9. The number of hydrogen-bond donors (Lipinski definition) is 1. The Hall–Kier alpha value is -1.47. The predicted octanol–water partition coefficient (Wildman–Crippen LogP) is 4.26. The molecule has 0 aliphatic rings. The normalized spacial score (nSPS) is 10.1. The standard InChI is InChI=1S/C11H7Br2N3O2/c12-7-1-3-9(4-2-7)15-11-10(16(17)18)5-8(13)6-14-11/h1-6H,(H,14,15). The molecule has 0 atom stereocenters. The van der Waals surface area contributed by atoms with E-state index in [1.54, 1.807) is 12.1 Å². The summed E-state index contributed by atoms with van der Waals surface area (Å²) in [6.07, 6.45) is 1.51. The number of pyridine rings is 1. The SMILES string of the molecule is O=[N+]([O-])c1cc(Br)cnc1Nc1ccc(Br)cc1. The number of nitrogens with zero attached hydrogens (tertiary/aromatic N) is 2. The zero-order chi connectivity index (χ0) is 13.1. The highest BCUT2D eigenvalue weighted by Crippen LogP contribution is 2.28. The number of aromatic nitrogens is 1. The molecule has 0 saturated carbocycles. The number of nitrogens with one attached hydrogen (secondary N) is 1. The van der Waals surface area contributed by atoms with Gasteiger partial charge in [0.1, 0.15) is 0 Å². The number of halogens is 2. The first-order chi connectivity index (χ1) is 8.56. The van der Waals surface area contributed by atoms with Crippen LogP contribution in [-0.4, -0.2) is 9.91 Å². The van der Waals surface area contributed by atoms with Crippen molar-refractivity contribution in [3.8, 4) is 0 Å². The first-order valence-corrected chi connectivity index (χ1v) is 6.47. The van der Waals surface area contributed by atoms with E-state index in [4.69, 9.17) is 0 Å². The van der Waals surface area contributed by atoms with Crippen LogP contribution in [0.25, 0.3) is 0 Å². The molecule has 5 nitrogen and oxygen atoms in total. The Labute approximate surface area is 120 Å². The summed E-state index contributed by atoms with van der Waals surface area (Å²) in [5, 5.41) is 13.8. The largest absolute Gasteiger partial charge is 0.334 e. The zero-order valence-corrected chi connectivity index (χ0v) is 12.1.